The largest absolute Gasteiger partial charge is 0.487 e. The summed E-state index contributed by atoms with van der Waals surface area (Å²) in [6.45, 7) is 4.17. The Kier molecular flexibility index (Phi) is 8.35. The highest BCUT2D eigenvalue weighted by Crippen LogP contribution is 2.31. The van der Waals surface area contributed by atoms with E-state index in [1.54, 1.807) is 11.8 Å². The van der Waals surface area contributed by atoms with Crippen molar-refractivity contribution in [1.82, 2.24) is 14.9 Å². The Hall–Kier alpha value is -3.15. The predicted octanol–water partition coefficient (Wildman–Crippen LogP) is 3.79. The molecule has 0 radical (unpaired) electrons. The Morgan fingerprint density at radius 3 is 2.57 bits per heavy atom. The Morgan fingerprint density at radius 1 is 1.19 bits per heavy atom. The van der Waals surface area contributed by atoms with Crippen LogP contribution in [0.1, 0.15) is 38.1 Å². The topological polar surface area (TPSA) is 79.8 Å². The molecule has 1 aromatic heterocycles. The van der Waals surface area contributed by atoms with Crippen LogP contribution in [0.2, 0.25) is 0 Å². The molecular weight excluding hydrogens is 494 g/mol. The third-order valence-electron chi connectivity index (χ3n) is 6.71. The average molecular weight is 526 g/mol. The van der Waals surface area contributed by atoms with Crippen molar-refractivity contribution in [2.75, 3.05) is 37.0 Å². The summed E-state index contributed by atoms with van der Waals surface area (Å²) in [6.07, 6.45) is -2.02. The molecule has 0 spiro atoms. The predicted molar refractivity (Wildman–Crippen MR) is 129 cm³/mol. The summed E-state index contributed by atoms with van der Waals surface area (Å²) in [5.41, 5.74) is 1.27. The fourth-order valence-corrected chi connectivity index (χ4v) is 4.57. The van der Waals surface area contributed by atoms with Crippen LogP contribution in [0.4, 0.5) is 29.2 Å². The zero-order chi connectivity index (χ0) is 26.7. The van der Waals surface area contributed by atoms with Crippen molar-refractivity contribution in [3.05, 3.63) is 41.2 Å². The lowest BCUT2D eigenvalue weighted by Crippen LogP contribution is -2.47. The molecule has 12 heteroatoms. The van der Waals surface area contributed by atoms with Crippen LogP contribution in [-0.4, -0.2) is 72.2 Å². The molecule has 1 saturated heterocycles. The van der Waals surface area contributed by atoms with E-state index in [4.69, 9.17) is 14.5 Å². The molecule has 2 aliphatic heterocycles. The van der Waals surface area contributed by atoms with Crippen molar-refractivity contribution >= 4 is 17.5 Å². The zero-order valence-corrected chi connectivity index (χ0v) is 21.0. The second-order valence-electron chi connectivity index (χ2n) is 9.34. The van der Waals surface area contributed by atoms with Gasteiger partial charge in [0.15, 0.2) is 23.2 Å². The van der Waals surface area contributed by atoms with E-state index >= 15 is 0 Å². The van der Waals surface area contributed by atoms with E-state index in [0.29, 0.717) is 49.6 Å². The van der Waals surface area contributed by atoms with E-state index in [1.807, 2.05) is 11.8 Å². The number of halogens is 4. The molecule has 1 unspecified atom stereocenters. The zero-order valence-electron chi connectivity index (χ0n) is 21.0. The summed E-state index contributed by atoms with van der Waals surface area (Å²) >= 11 is 0. The highest BCUT2D eigenvalue weighted by atomic mass is 19.3. The summed E-state index contributed by atoms with van der Waals surface area (Å²) < 4.78 is 64.1. The number of nitrogens with one attached hydrogen (secondary N) is 1. The molecule has 1 N–H and O–H groups in total. The number of benzene rings is 1. The van der Waals surface area contributed by atoms with Crippen molar-refractivity contribution in [3.8, 4) is 5.75 Å². The molecule has 3 heterocycles. The fraction of sp³-hybridized carbons (Fsp3) is 0.560. The molecule has 2 atom stereocenters. The number of piperidine rings is 1. The van der Waals surface area contributed by atoms with Gasteiger partial charge in [-0.15, -0.1) is 0 Å². The SMILES string of the molecule is CO[C@H](C)C(=O)N1Cc2nc(N3CCC(Oc4ccc(F)cc4F)CC3)c(NCC(F)F)nc2CC1C. The quantitative estimate of drug-likeness (QED) is 0.526. The lowest BCUT2D eigenvalue weighted by atomic mass is 10.0. The van der Waals surface area contributed by atoms with Gasteiger partial charge in [-0.1, -0.05) is 0 Å². The van der Waals surface area contributed by atoms with E-state index in [2.05, 4.69) is 10.3 Å². The monoisotopic (exact) mass is 525 g/mol. The van der Waals surface area contributed by atoms with E-state index in [9.17, 15) is 22.4 Å². The van der Waals surface area contributed by atoms with Gasteiger partial charge in [0.2, 0.25) is 0 Å². The van der Waals surface area contributed by atoms with Crippen LogP contribution in [0.3, 0.4) is 0 Å². The average Bonchev–Trinajstić information content (AvgIpc) is 2.87. The molecule has 37 heavy (non-hydrogen) atoms. The molecular formula is C25H31F4N5O3. The maximum Gasteiger partial charge on any atom is 0.255 e. The van der Waals surface area contributed by atoms with Crippen LogP contribution in [0, 0.1) is 11.6 Å². The summed E-state index contributed by atoms with van der Waals surface area (Å²) in [7, 11) is 1.47. The van der Waals surface area contributed by atoms with E-state index < -0.39 is 30.7 Å². The van der Waals surface area contributed by atoms with Crippen LogP contribution in [0.15, 0.2) is 18.2 Å². The Morgan fingerprint density at radius 2 is 1.92 bits per heavy atom. The second kappa shape index (κ2) is 11.5. The second-order valence-corrected chi connectivity index (χ2v) is 9.34. The minimum Gasteiger partial charge on any atom is -0.487 e. The van der Waals surface area contributed by atoms with Crippen LogP contribution >= 0.6 is 0 Å². The minimum absolute atomic E-state index is 0.0168. The summed E-state index contributed by atoms with van der Waals surface area (Å²) in [5.74, 6) is -0.932. The van der Waals surface area contributed by atoms with Crippen molar-refractivity contribution < 1.29 is 31.8 Å². The van der Waals surface area contributed by atoms with Crippen molar-refractivity contribution in [2.24, 2.45) is 0 Å². The van der Waals surface area contributed by atoms with Gasteiger partial charge in [0, 0.05) is 51.6 Å². The number of ether oxygens (including phenoxy) is 2. The molecule has 4 rings (SSSR count). The van der Waals surface area contributed by atoms with Crippen molar-refractivity contribution in [1.29, 1.82) is 0 Å². The van der Waals surface area contributed by atoms with Crippen LogP contribution in [0.25, 0.3) is 0 Å². The standard InChI is InChI=1S/C25H31F4N5O3/c1-14-10-19-20(13-34(14)25(35)15(2)36-3)32-24(23(31-19)30-12-22(28)29)33-8-6-17(7-9-33)37-21-5-4-16(26)11-18(21)27/h4-5,11,14-15,17,22H,6-10,12-13H2,1-3H3,(H,30,31)/t14?,15-/m1/s1. The van der Waals surface area contributed by atoms with Gasteiger partial charge in [0.1, 0.15) is 18.0 Å². The van der Waals surface area contributed by atoms with Gasteiger partial charge >= 0.3 is 0 Å². The lowest BCUT2D eigenvalue weighted by molar-refractivity contribution is -0.144. The number of hydrogen-bond acceptors (Lipinski definition) is 7. The van der Waals surface area contributed by atoms with Crippen LogP contribution in [0.5, 0.6) is 5.75 Å². The first-order valence-electron chi connectivity index (χ1n) is 12.3. The third kappa shape index (κ3) is 6.23. The normalized spacial score (nSPS) is 19.1. The first-order chi connectivity index (χ1) is 17.7. The molecule has 0 saturated carbocycles. The molecule has 202 valence electrons. The first kappa shape index (κ1) is 26.9. The Bertz CT molecular complexity index is 1110. The minimum atomic E-state index is -2.57. The van der Waals surface area contributed by atoms with Crippen LogP contribution < -0.4 is 15.0 Å². The number of alkyl halides is 2. The van der Waals surface area contributed by atoms with Gasteiger partial charge in [0.25, 0.3) is 12.3 Å². The Balaban J connectivity index is 1.53. The number of anilines is 2. The molecule has 0 bridgehead atoms. The molecule has 1 amide bonds. The maximum absolute atomic E-state index is 14.0. The van der Waals surface area contributed by atoms with Crippen molar-refractivity contribution in [2.45, 2.75) is 64.3 Å². The Labute approximate surface area is 213 Å². The molecule has 2 aliphatic rings. The molecule has 1 aromatic carbocycles. The number of nitrogens with zero attached hydrogens (tertiary/aromatic N) is 4. The number of amides is 1. The van der Waals surface area contributed by atoms with E-state index in [0.717, 1.165) is 12.1 Å². The first-order valence-corrected chi connectivity index (χ1v) is 12.3. The van der Waals surface area contributed by atoms with E-state index in [-0.39, 0.29) is 36.2 Å². The number of rotatable bonds is 8. The molecule has 8 nitrogen and oxygen atoms in total. The van der Waals surface area contributed by atoms with Gasteiger partial charge in [-0.25, -0.2) is 27.5 Å². The molecule has 1 fully saturated rings. The number of hydrogen-bond donors (Lipinski definition) is 1. The number of carbonyl (C=O) groups excluding carboxylic acids is 1. The fourth-order valence-electron chi connectivity index (χ4n) is 4.57. The maximum atomic E-state index is 14.0. The highest BCUT2D eigenvalue weighted by Gasteiger charge is 2.33. The number of fused-ring (bicyclic) bond motifs is 1. The van der Waals surface area contributed by atoms with Crippen molar-refractivity contribution in [3.63, 3.8) is 0 Å². The van der Waals surface area contributed by atoms with Gasteiger partial charge in [-0.05, 0) is 26.0 Å². The van der Waals surface area contributed by atoms with E-state index in [1.165, 1.54) is 13.2 Å². The number of aromatic nitrogens is 2. The third-order valence-corrected chi connectivity index (χ3v) is 6.71. The van der Waals surface area contributed by atoms with Gasteiger partial charge in [-0.3, -0.25) is 4.79 Å². The summed E-state index contributed by atoms with van der Waals surface area (Å²) in [6, 6.07) is 3.02. The number of methoxy groups -OCH3 is 1. The van der Waals surface area contributed by atoms with Crippen LogP contribution in [-0.2, 0) is 22.5 Å². The summed E-state index contributed by atoms with van der Waals surface area (Å²) in [4.78, 5) is 25.8. The van der Waals surface area contributed by atoms with Gasteiger partial charge < -0.3 is 24.6 Å². The number of carbonyl (C=O) groups is 1. The molecule has 2 aromatic rings. The highest BCUT2D eigenvalue weighted by molar-refractivity contribution is 5.81. The smallest absolute Gasteiger partial charge is 0.255 e. The van der Waals surface area contributed by atoms with Gasteiger partial charge in [0.05, 0.1) is 24.5 Å². The van der Waals surface area contributed by atoms with Gasteiger partial charge in [-0.2, -0.15) is 0 Å². The lowest BCUT2D eigenvalue weighted by Gasteiger charge is -2.37. The summed E-state index contributed by atoms with van der Waals surface area (Å²) in [5, 5.41) is 2.72. The molecule has 0 aliphatic carbocycles.